The van der Waals surface area contributed by atoms with E-state index in [0.717, 1.165) is 43.3 Å². The van der Waals surface area contributed by atoms with Crippen LogP contribution in [0.3, 0.4) is 0 Å². The van der Waals surface area contributed by atoms with Gasteiger partial charge >= 0.3 is 0 Å². The van der Waals surface area contributed by atoms with Crippen molar-refractivity contribution in [3.05, 3.63) is 93.8 Å². The van der Waals surface area contributed by atoms with E-state index in [1.807, 2.05) is 23.6 Å². The Bertz CT molecular complexity index is 2360. The second-order valence-corrected chi connectivity index (χ2v) is 18.5. The molecule has 0 radical (unpaired) electrons. The average Bonchev–Trinajstić information content (AvgIpc) is 3.94. The van der Waals surface area contributed by atoms with E-state index in [-0.39, 0.29) is 65.9 Å². The molecule has 2 saturated heterocycles. The molecule has 0 spiro atoms. The molecule has 4 N–H and O–H groups in total. The minimum absolute atomic E-state index is 0.0109. The van der Waals surface area contributed by atoms with Crippen LogP contribution in [0.4, 0.5) is 21.0 Å². The number of benzene rings is 2. The predicted molar refractivity (Wildman–Crippen MR) is 243 cm³/mol. The number of hydrogen-bond donors (Lipinski definition) is 4. The molecule has 65 heavy (non-hydrogen) atoms. The van der Waals surface area contributed by atoms with Crippen LogP contribution in [0.25, 0.3) is 0 Å². The number of carbonyl (C=O) groups excluding carboxylic acids is 5. The van der Waals surface area contributed by atoms with Gasteiger partial charge in [-0.1, -0.05) is 29.8 Å². The van der Waals surface area contributed by atoms with Gasteiger partial charge in [0, 0.05) is 92.2 Å². The number of nitrogens with one attached hydrogen (secondary N) is 4. The molecule has 1 atom stereocenters. The number of carbonyl (C=O) groups is 5. The Labute approximate surface area is 386 Å². The fourth-order valence-electron chi connectivity index (χ4n) is 9.23. The van der Waals surface area contributed by atoms with Gasteiger partial charge in [0.2, 0.25) is 23.6 Å². The summed E-state index contributed by atoms with van der Waals surface area (Å²) in [6.07, 6.45) is 7.92. The standard InChI is InChI=1S/C47H54ClFN8O7S/c48-35-8-5-10-38(42(35)49)64-32-15-19-47(20-16-32,28-31-6-3-11-39(51-31)54-46-50-21-27-65-46)45(62)52-30-17-22-56(23-18-30)24-26-63-25-2-1-12-40(58)53-36-9-4-7-33-34(36)29-57(44(33)61)37-13-14-41(59)55-43(37)60/h3-11,21,27,30,32,37H,1-2,12-20,22-26,28-29H2,(H,52,62)(H,53,58)(H,50,51,54)(H,55,59,60). The van der Waals surface area contributed by atoms with Gasteiger partial charge in [-0.05, 0) is 94.2 Å². The molecule has 5 amide bonds. The van der Waals surface area contributed by atoms with Gasteiger partial charge in [0.25, 0.3) is 5.91 Å². The van der Waals surface area contributed by atoms with E-state index in [9.17, 15) is 28.4 Å². The molecule has 18 heteroatoms. The van der Waals surface area contributed by atoms with Crippen molar-refractivity contribution in [3.63, 3.8) is 0 Å². The highest BCUT2D eigenvalue weighted by atomic mass is 35.5. The van der Waals surface area contributed by atoms with Crippen LogP contribution in [-0.4, -0.2) is 100 Å². The summed E-state index contributed by atoms with van der Waals surface area (Å²) in [6.45, 7) is 3.70. The third kappa shape index (κ3) is 11.5. The highest BCUT2D eigenvalue weighted by Crippen LogP contribution is 2.42. The number of pyridine rings is 1. The lowest BCUT2D eigenvalue weighted by Crippen LogP contribution is -2.52. The number of thiazole rings is 1. The van der Waals surface area contributed by atoms with Crippen molar-refractivity contribution in [1.82, 2.24) is 30.4 Å². The van der Waals surface area contributed by atoms with Gasteiger partial charge in [-0.2, -0.15) is 0 Å². The van der Waals surface area contributed by atoms with Crippen LogP contribution in [0.2, 0.25) is 5.02 Å². The number of ether oxygens (including phenoxy) is 2. The summed E-state index contributed by atoms with van der Waals surface area (Å²) in [5, 5.41) is 14.6. The van der Waals surface area contributed by atoms with Gasteiger partial charge in [-0.15, -0.1) is 11.3 Å². The van der Waals surface area contributed by atoms with Crippen LogP contribution in [0.5, 0.6) is 5.75 Å². The molecule has 8 rings (SSSR count). The number of nitrogens with zero attached hydrogens (tertiary/aromatic N) is 4. The summed E-state index contributed by atoms with van der Waals surface area (Å²) in [6, 6.07) is 15.0. The number of hydrogen-bond acceptors (Lipinski definition) is 12. The zero-order valence-corrected chi connectivity index (χ0v) is 37.7. The zero-order chi connectivity index (χ0) is 45.3. The van der Waals surface area contributed by atoms with Crippen molar-refractivity contribution in [3.8, 4) is 5.75 Å². The first-order chi connectivity index (χ1) is 31.5. The summed E-state index contributed by atoms with van der Waals surface area (Å²) < 4.78 is 26.7. The van der Waals surface area contributed by atoms with E-state index < -0.39 is 23.2 Å². The lowest BCUT2D eigenvalue weighted by Gasteiger charge is -2.41. The number of amides is 5. The highest BCUT2D eigenvalue weighted by Gasteiger charge is 2.44. The third-order valence-electron chi connectivity index (χ3n) is 12.8. The van der Waals surface area contributed by atoms with E-state index >= 15 is 0 Å². The number of aromatic nitrogens is 2. The zero-order valence-electron chi connectivity index (χ0n) is 36.1. The minimum Gasteiger partial charge on any atom is -0.487 e. The average molecular weight is 930 g/mol. The first kappa shape index (κ1) is 46.1. The first-order valence-electron chi connectivity index (χ1n) is 22.4. The van der Waals surface area contributed by atoms with Gasteiger partial charge in [0.1, 0.15) is 11.9 Å². The molecular formula is C47H54ClFN8O7S. The van der Waals surface area contributed by atoms with Crippen molar-refractivity contribution in [1.29, 1.82) is 0 Å². The molecule has 5 heterocycles. The van der Waals surface area contributed by atoms with Gasteiger partial charge in [0.05, 0.1) is 23.1 Å². The lowest BCUT2D eigenvalue weighted by molar-refractivity contribution is -0.137. The van der Waals surface area contributed by atoms with Crippen LogP contribution in [-0.2, 0) is 36.9 Å². The highest BCUT2D eigenvalue weighted by molar-refractivity contribution is 7.13. The Balaban J connectivity index is 0.756. The molecule has 15 nitrogen and oxygen atoms in total. The SMILES string of the molecule is O=C1CCC(N2Cc3c(NC(=O)CCCCOCCN4CCC(NC(=O)C5(Cc6cccc(Nc7nccs7)n6)CCC(Oc6cccc(Cl)c6F)CC5)CC4)cccc3C2=O)C(=O)N1. The Kier molecular flexibility index (Phi) is 15.0. The smallest absolute Gasteiger partial charge is 0.255 e. The molecule has 2 aromatic carbocycles. The van der Waals surface area contributed by atoms with Crippen molar-refractivity contribution in [2.45, 2.75) is 102 Å². The second-order valence-electron chi connectivity index (χ2n) is 17.2. The van der Waals surface area contributed by atoms with E-state index in [4.69, 9.17) is 26.1 Å². The quantitative estimate of drug-likeness (QED) is 0.0609. The number of halogens is 2. The predicted octanol–water partition coefficient (Wildman–Crippen LogP) is 6.79. The molecule has 4 aromatic rings. The number of piperidine rings is 2. The molecule has 0 bridgehead atoms. The molecule has 4 aliphatic rings. The maximum absolute atomic E-state index is 14.7. The molecule has 1 aliphatic carbocycles. The molecule has 2 aromatic heterocycles. The van der Waals surface area contributed by atoms with Crippen LogP contribution in [0.15, 0.2) is 66.2 Å². The Morgan fingerprint density at radius 3 is 2.55 bits per heavy atom. The molecule has 3 aliphatic heterocycles. The van der Waals surface area contributed by atoms with Gasteiger partial charge < -0.3 is 35.2 Å². The monoisotopic (exact) mass is 928 g/mol. The normalized spacial score (nSPS) is 21.4. The Hall–Kier alpha value is -5.49. The number of likely N-dealkylation sites (tertiary alicyclic amines) is 1. The number of unbranched alkanes of at least 4 members (excludes halogenated alkanes) is 1. The third-order valence-corrected chi connectivity index (χ3v) is 13.8. The van der Waals surface area contributed by atoms with Crippen LogP contribution < -0.4 is 26.0 Å². The number of imide groups is 1. The molecule has 1 saturated carbocycles. The lowest BCUT2D eigenvalue weighted by atomic mass is 9.69. The van der Waals surface area contributed by atoms with Gasteiger partial charge in [-0.3, -0.25) is 29.3 Å². The fraction of sp³-hybridized carbons (Fsp3) is 0.468. The Morgan fingerprint density at radius 1 is 0.969 bits per heavy atom. The van der Waals surface area contributed by atoms with Crippen LogP contribution in [0.1, 0.15) is 92.2 Å². The topological polar surface area (TPSA) is 184 Å². The van der Waals surface area contributed by atoms with E-state index in [0.29, 0.717) is 87.2 Å². The number of fused-ring (bicyclic) bond motifs is 1. The van der Waals surface area contributed by atoms with Crippen LogP contribution in [0, 0.1) is 11.2 Å². The largest absolute Gasteiger partial charge is 0.487 e. The van der Waals surface area contributed by atoms with Crippen molar-refractivity contribution in [2.75, 3.05) is 43.5 Å². The maximum Gasteiger partial charge on any atom is 0.255 e. The molecular weight excluding hydrogens is 875 g/mol. The van der Waals surface area contributed by atoms with E-state index in [1.165, 1.54) is 22.3 Å². The fourth-order valence-corrected chi connectivity index (χ4v) is 9.93. The maximum atomic E-state index is 14.7. The summed E-state index contributed by atoms with van der Waals surface area (Å²) in [5.74, 6) is -1.04. The molecule has 1 unspecified atom stereocenters. The van der Waals surface area contributed by atoms with Gasteiger partial charge in [0.15, 0.2) is 16.7 Å². The summed E-state index contributed by atoms with van der Waals surface area (Å²) in [7, 11) is 0. The summed E-state index contributed by atoms with van der Waals surface area (Å²) in [4.78, 5) is 77.4. The van der Waals surface area contributed by atoms with Gasteiger partial charge in [-0.25, -0.2) is 14.4 Å². The van der Waals surface area contributed by atoms with E-state index in [1.54, 1.807) is 36.5 Å². The van der Waals surface area contributed by atoms with Crippen molar-refractivity contribution < 1.29 is 37.8 Å². The molecule has 3 fully saturated rings. The minimum atomic E-state index is -0.721. The summed E-state index contributed by atoms with van der Waals surface area (Å²) in [5.41, 5.74) is 1.76. The van der Waals surface area contributed by atoms with Crippen molar-refractivity contribution in [2.24, 2.45) is 5.41 Å². The second kappa shape index (κ2) is 21.2. The summed E-state index contributed by atoms with van der Waals surface area (Å²) >= 11 is 7.50. The van der Waals surface area contributed by atoms with E-state index in [2.05, 4.69) is 31.2 Å². The number of rotatable bonds is 18. The Morgan fingerprint density at radius 2 is 1.77 bits per heavy atom. The molecule has 344 valence electrons. The van der Waals surface area contributed by atoms with Crippen molar-refractivity contribution >= 4 is 69.1 Å². The van der Waals surface area contributed by atoms with Crippen LogP contribution >= 0.6 is 22.9 Å². The first-order valence-corrected chi connectivity index (χ1v) is 23.7. The number of anilines is 3.